The third-order valence-corrected chi connectivity index (χ3v) is 2.93. The van der Waals surface area contributed by atoms with Crippen LogP contribution >= 0.6 is 0 Å². The quantitative estimate of drug-likeness (QED) is 0.858. The second kappa shape index (κ2) is 4.29. The Labute approximate surface area is 105 Å². The average Bonchev–Trinajstić information content (AvgIpc) is 3.10. The highest BCUT2D eigenvalue weighted by Crippen LogP contribution is 2.38. The lowest BCUT2D eigenvalue weighted by Crippen LogP contribution is -2.03. The Bertz CT molecular complexity index is 557. The minimum atomic E-state index is 0.488. The number of nitrogens with zero attached hydrogens (tertiary/aromatic N) is 4. The van der Waals surface area contributed by atoms with Gasteiger partial charge in [-0.15, -0.1) is 0 Å². The van der Waals surface area contributed by atoms with Gasteiger partial charge in [-0.2, -0.15) is 5.10 Å². The van der Waals surface area contributed by atoms with E-state index in [9.17, 15) is 0 Å². The molecule has 0 saturated heterocycles. The van der Waals surface area contributed by atoms with E-state index in [-0.39, 0.29) is 0 Å². The van der Waals surface area contributed by atoms with E-state index in [2.05, 4.69) is 20.4 Å². The van der Waals surface area contributed by atoms with E-state index < -0.39 is 0 Å². The summed E-state index contributed by atoms with van der Waals surface area (Å²) in [6.45, 7) is 2.89. The van der Waals surface area contributed by atoms with E-state index in [4.69, 9.17) is 5.73 Å². The van der Waals surface area contributed by atoms with Crippen molar-refractivity contribution in [2.45, 2.75) is 32.2 Å². The molecule has 0 atom stereocenters. The summed E-state index contributed by atoms with van der Waals surface area (Å²) in [6, 6.07) is 3.65. The van der Waals surface area contributed by atoms with Crippen molar-refractivity contribution in [2.24, 2.45) is 0 Å². The van der Waals surface area contributed by atoms with Crippen molar-refractivity contribution < 1.29 is 0 Å². The molecule has 1 aliphatic rings. The molecule has 3 rings (SSSR count). The van der Waals surface area contributed by atoms with Gasteiger partial charge >= 0.3 is 0 Å². The monoisotopic (exact) mass is 244 g/mol. The summed E-state index contributed by atoms with van der Waals surface area (Å²) in [5, 5.41) is 7.51. The van der Waals surface area contributed by atoms with Crippen LogP contribution in [0.25, 0.3) is 0 Å². The normalized spacial score (nSPS) is 14.7. The van der Waals surface area contributed by atoms with Gasteiger partial charge < -0.3 is 11.1 Å². The Kier molecular flexibility index (Phi) is 2.62. The fourth-order valence-electron chi connectivity index (χ4n) is 1.81. The fourth-order valence-corrected chi connectivity index (χ4v) is 1.81. The fraction of sp³-hybridized carbons (Fsp3) is 0.417. The van der Waals surface area contributed by atoms with E-state index in [1.807, 2.05) is 23.9 Å². The van der Waals surface area contributed by atoms with Crippen LogP contribution in [-0.4, -0.2) is 19.7 Å². The summed E-state index contributed by atoms with van der Waals surface area (Å²) in [5.41, 5.74) is 5.79. The maximum atomic E-state index is 5.79. The molecule has 1 fully saturated rings. The van der Waals surface area contributed by atoms with Crippen molar-refractivity contribution in [3.05, 3.63) is 24.2 Å². The van der Waals surface area contributed by atoms with Crippen LogP contribution in [0, 0.1) is 0 Å². The van der Waals surface area contributed by atoms with Crippen molar-refractivity contribution in [1.82, 2.24) is 19.7 Å². The zero-order valence-electron chi connectivity index (χ0n) is 10.3. The van der Waals surface area contributed by atoms with Crippen LogP contribution in [-0.2, 0) is 6.54 Å². The van der Waals surface area contributed by atoms with Crippen molar-refractivity contribution in [2.75, 3.05) is 11.1 Å². The van der Waals surface area contributed by atoms with Gasteiger partial charge in [-0.1, -0.05) is 0 Å². The number of aryl methyl sites for hydroxylation is 1. The van der Waals surface area contributed by atoms with E-state index in [0.29, 0.717) is 17.6 Å². The first-order chi connectivity index (χ1) is 8.74. The molecule has 2 heterocycles. The third-order valence-electron chi connectivity index (χ3n) is 2.93. The van der Waals surface area contributed by atoms with Gasteiger partial charge in [-0.3, -0.25) is 4.68 Å². The number of nitrogen functional groups attached to an aromatic ring is 1. The van der Waals surface area contributed by atoms with Crippen molar-refractivity contribution in [3.8, 4) is 0 Å². The predicted octanol–water partition coefficient (Wildman–Crippen LogP) is 1.90. The maximum absolute atomic E-state index is 5.79. The van der Waals surface area contributed by atoms with Crippen LogP contribution in [0.4, 0.5) is 17.5 Å². The molecule has 1 saturated carbocycles. The smallest absolute Gasteiger partial charge is 0.153 e. The molecule has 18 heavy (non-hydrogen) atoms. The van der Waals surface area contributed by atoms with Crippen molar-refractivity contribution in [1.29, 1.82) is 0 Å². The predicted molar refractivity (Wildman–Crippen MR) is 69.6 cm³/mol. The molecule has 6 heteroatoms. The Morgan fingerprint density at radius 3 is 2.89 bits per heavy atom. The molecular weight excluding hydrogens is 228 g/mol. The Morgan fingerprint density at radius 2 is 2.22 bits per heavy atom. The van der Waals surface area contributed by atoms with Gasteiger partial charge in [0.05, 0.1) is 0 Å². The van der Waals surface area contributed by atoms with Gasteiger partial charge in [0.1, 0.15) is 17.5 Å². The van der Waals surface area contributed by atoms with Gasteiger partial charge in [-0.25, -0.2) is 9.97 Å². The van der Waals surface area contributed by atoms with Crippen LogP contribution in [0.15, 0.2) is 18.3 Å². The molecular formula is C12H16N6. The SMILES string of the molecule is CCn1ccc(Nc2cc(N)nc(C3CC3)n2)n1. The maximum Gasteiger partial charge on any atom is 0.153 e. The van der Waals surface area contributed by atoms with Crippen molar-refractivity contribution in [3.63, 3.8) is 0 Å². The molecule has 1 aliphatic carbocycles. The van der Waals surface area contributed by atoms with Gasteiger partial charge in [0.15, 0.2) is 5.82 Å². The zero-order valence-corrected chi connectivity index (χ0v) is 10.3. The van der Waals surface area contributed by atoms with Crippen molar-refractivity contribution >= 4 is 17.5 Å². The molecule has 3 N–H and O–H groups in total. The molecule has 6 nitrogen and oxygen atoms in total. The number of hydrogen-bond acceptors (Lipinski definition) is 5. The standard InChI is InChI=1S/C12H16N6/c1-2-18-6-5-10(17-18)15-11-7-9(13)14-12(16-11)8-3-4-8/h5-8H,2-4H2,1H3,(H3,13,14,15,16,17). The van der Waals surface area contributed by atoms with E-state index in [1.54, 1.807) is 6.07 Å². The van der Waals surface area contributed by atoms with E-state index in [1.165, 1.54) is 0 Å². The summed E-state index contributed by atoms with van der Waals surface area (Å²) in [5.74, 6) is 3.32. The van der Waals surface area contributed by atoms with Gasteiger partial charge in [0.2, 0.25) is 0 Å². The number of nitrogens with one attached hydrogen (secondary N) is 1. The van der Waals surface area contributed by atoms with Gasteiger partial charge in [0, 0.05) is 30.8 Å². The molecule has 2 aromatic heterocycles. The topological polar surface area (TPSA) is 81.7 Å². The molecule has 0 unspecified atom stereocenters. The minimum Gasteiger partial charge on any atom is -0.384 e. The first-order valence-corrected chi connectivity index (χ1v) is 6.19. The highest BCUT2D eigenvalue weighted by Gasteiger charge is 2.27. The van der Waals surface area contributed by atoms with Gasteiger partial charge in [0.25, 0.3) is 0 Å². The lowest BCUT2D eigenvalue weighted by Gasteiger charge is -2.05. The Hall–Kier alpha value is -2.11. The number of hydrogen-bond donors (Lipinski definition) is 2. The Balaban J connectivity index is 1.82. The third kappa shape index (κ3) is 2.27. The second-order valence-corrected chi connectivity index (χ2v) is 4.49. The lowest BCUT2D eigenvalue weighted by atomic mass is 10.4. The number of anilines is 3. The Morgan fingerprint density at radius 1 is 1.39 bits per heavy atom. The van der Waals surface area contributed by atoms with Crippen LogP contribution in [0.5, 0.6) is 0 Å². The summed E-state index contributed by atoms with van der Waals surface area (Å²) in [7, 11) is 0. The molecule has 0 amide bonds. The van der Waals surface area contributed by atoms with Crippen LogP contribution in [0.1, 0.15) is 31.5 Å². The molecule has 94 valence electrons. The molecule has 0 bridgehead atoms. The molecule has 0 aliphatic heterocycles. The number of aromatic nitrogens is 4. The molecule has 0 aromatic carbocycles. The highest BCUT2D eigenvalue weighted by atomic mass is 15.3. The lowest BCUT2D eigenvalue weighted by molar-refractivity contribution is 0.662. The summed E-state index contributed by atoms with van der Waals surface area (Å²) in [6.07, 6.45) is 4.25. The summed E-state index contributed by atoms with van der Waals surface area (Å²) < 4.78 is 1.86. The van der Waals surface area contributed by atoms with E-state index >= 15 is 0 Å². The van der Waals surface area contributed by atoms with Gasteiger partial charge in [-0.05, 0) is 19.8 Å². The zero-order chi connectivity index (χ0) is 12.5. The van der Waals surface area contributed by atoms with Crippen LogP contribution in [0.3, 0.4) is 0 Å². The largest absolute Gasteiger partial charge is 0.384 e. The molecule has 0 radical (unpaired) electrons. The first-order valence-electron chi connectivity index (χ1n) is 6.19. The molecule has 2 aromatic rings. The number of rotatable bonds is 4. The first kappa shape index (κ1) is 11.0. The van der Waals surface area contributed by atoms with Crippen LogP contribution < -0.4 is 11.1 Å². The van der Waals surface area contributed by atoms with E-state index in [0.717, 1.165) is 31.0 Å². The average molecular weight is 244 g/mol. The number of nitrogens with two attached hydrogens (primary N) is 1. The second-order valence-electron chi connectivity index (χ2n) is 4.49. The summed E-state index contributed by atoms with van der Waals surface area (Å²) >= 11 is 0. The minimum absolute atomic E-state index is 0.488. The highest BCUT2D eigenvalue weighted by molar-refractivity contribution is 5.54. The van der Waals surface area contributed by atoms with Crippen LogP contribution in [0.2, 0.25) is 0 Å². The molecule has 0 spiro atoms. The summed E-state index contributed by atoms with van der Waals surface area (Å²) in [4.78, 5) is 8.73.